The van der Waals surface area contributed by atoms with E-state index in [4.69, 9.17) is 4.74 Å². The fourth-order valence-electron chi connectivity index (χ4n) is 5.37. The average molecular weight is 377 g/mol. The number of hydrogen-bond donors (Lipinski definition) is 1. The summed E-state index contributed by atoms with van der Waals surface area (Å²) in [5.41, 5.74) is 4.48. The summed E-state index contributed by atoms with van der Waals surface area (Å²) >= 11 is 0. The van der Waals surface area contributed by atoms with Gasteiger partial charge in [-0.05, 0) is 45.1 Å². The number of ether oxygens (including phenoxy) is 1. The molecule has 5 aliphatic rings. The van der Waals surface area contributed by atoms with Crippen molar-refractivity contribution in [2.24, 2.45) is 5.92 Å². The lowest BCUT2D eigenvalue weighted by Gasteiger charge is -2.50. The number of nitrogens with one attached hydrogen (secondary N) is 1. The summed E-state index contributed by atoms with van der Waals surface area (Å²) in [6.45, 7) is 8.12. The maximum atomic E-state index is 12.2. The second-order valence-electron chi connectivity index (χ2n) is 8.36. The molecule has 0 radical (unpaired) electrons. The van der Waals surface area contributed by atoms with Crippen LogP contribution in [0.4, 0.5) is 4.79 Å². The zero-order valence-electron chi connectivity index (χ0n) is 16.6. The van der Waals surface area contributed by atoms with E-state index in [2.05, 4.69) is 28.3 Å². The standard InChI is InChI=1S/C20H32N4O3/c1-3-9-24-20(13-18(25)21-24)7-10-22(11-8-20)17-12-16-6-5-15(17)14-23(16)19(26)27-4-2/h12,15-16H,3-11,13-14H2,1-2H3,(H,21,25). The van der Waals surface area contributed by atoms with E-state index in [0.29, 0.717) is 18.9 Å². The van der Waals surface area contributed by atoms with Crippen molar-refractivity contribution in [2.45, 2.75) is 64.0 Å². The summed E-state index contributed by atoms with van der Waals surface area (Å²) in [6, 6.07) is 0.172. The van der Waals surface area contributed by atoms with Gasteiger partial charge in [-0.2, -0.15) is 0 Å². The zero-order chi connectivity index (χ0) is 19.0. The van der Waals surface area contributed by atoms with Gasteiger partial charge in [0.15, 0.2) is 0 Å². The Morgan fingerprint density at radius 3 is 2.70 bits per heavy atom. The number of piperidine rings is 2. The van der Waals surface area contributed by atoms with Crippen molar-refractivity contribution in [3.63, 3.8) is 0 Å². The first-order valence-corrected chi connectivity index (χ1v) is 10.5. The molecule has 4 aliphatic heterocycles. The lowest BCUT2D eigenvalue weighted by atomic mass is 9.80. The molecule has 2 amide bonds. The molecule has 7 nitrogen and oxygen atoms in total. The number of carbonyl (C=O) groups is 2. The first-order chi connectivity index (χ1) is 13.1. The van der Waals surface area contributed by atoms with E-state index in [0.717, 1.165) is 58.3 Å². The van der Waals surface area contributed by atoms with E-state index in [9.17, 15) is 9.59 Å². The predicted molar refractivity (Wildman–Crippen MR) is 102 cm³/mol. The number of carbonyl (C=O) groups excluding carboxylic acids is 2. The molecule has 3 saturated heterocycles. The fourth-order valence-corrected chi connectivity index (χ4v) is 5.37. The van der Waals surface area contributed by atoms with E-state index in [1.165, 1.54) is 5.70 Å². The molecule has 2 bridgehead atoms. The van der Waals surface area contributed by atoms with E-state index in [-0.39, 0.29) is 23.6 Å². The normalized spacial score (nSPS) is 29.9. The van der Waals surface area contributed by atoms with Crippen LogP contribution in [0.2, 0.25) is 0 Å². The zero-order valence-corrected chi connectivity index (χ0v) is 16.6. The lowest BCUT2D eigenvalue weighted by Crippen LogP contribution is -2.57. The van der Waals surface area contributed by atoms with Gasteiger partial charge in [0.2, 0.25) is 5.91 Å². The molecule has 150 valence electrons. The highest BCUT2D eigenvalue weighted by Gasteiger charge is 2.48. The predicted octanol–water partition coefficient (Wildman–Crippen LogP) is 2.10. The largest absolute Gasteiger partial charge is 0.450 e. The number of nitrogens with zero attached hydrogens (tertiary/aromatic N) is 3. The number of likely N-dealkylation sites (tertiary alicyclic amines) is 1. The van der Waals surface area contributed by atoms with Crippen molar-refractivity contribution in [1.29, 1.82) is 0 Å². The van der Waals surface area contributed by atoms with Crippen molar-refractivity contribution in [2.75, 3.05) is 32.8 Å². The van der Waals surface area contributed by atoms with Gasteiger partial charge in [-0.1, -0.05) is 6.92 Å². The van der Waals surface area contributed by atoms with E-state index in [1.807, 2.05) is 11.8 Å². The van der Waals surface area contributed by atoms with Crippen LogP contribution in [0.25, 0.3) is 0 Å². The van der Waals surface area contributed by atoms with Crippen LogP contribution < -0.4 is 5.43 Å². The third-order valence-electron chi connectivity index (χ3n) is 6.74. The Bertz CT molecular complexity index is 627. The van der Waals surface area contributed by atoms with Crippen molar-refractivity contribution in [3.8, 4) is 0 Å². The fraction of sp³-hybridized carbons (Fsp3) is 0.800. The summed E-state index contributed by atoms with van der Waals surface area (Å²) in [4.78, 5) is 28.6. The Balaban J connectivity index is 1.42. The van der Waals surface area contributed by atoms with Crippen LogP contribution in [0, 0.1) is 5.92 Å². The second kappa shape index (κ2) is 7.34. The van der Waals surface area contributed by atoms with Crippen LogP contribution in [-0.2, 0) is 9.53 Å². The average Bonchev–Trinajstić information content (AvgIpc) is 2.98. The van der Waals surface area contributed by atoms with Crippen molar-refractivity contribution < 1.29 is 14.3 Å². The highest BCUT2D eigenvalue weighted by molar-refractivity contribution is 5.79. The van der Waals surface area contributed by atoms with Crippen molar-refractivity contribution in [1.82, 2.24) is 20.2 Å². The number of fused-ring (bicyclic) bond motifs is 2. The summed E-state index contributed by atoms with van der Waals surface area (Å²) in [6.07, 6.45) is 8.01. The summed E-state index contributed by atoms with van der Waals surface area (Å²) in [7, 11) is 0. The maximum Gasteiger partial charge on any atom is 0.410 e. The van der Waals surface area contributed by atoms with Crippen LogP contribution >= 0.6 is 0 Å². The molecule has 1 spiro atoms. The van der Waals surface area contributed by atoms with Gasteiger partial charge in [0.25, 0.3) is 0 Å². The number of hydrazine groups is 1. The quantitative estimate of drug-likeness (QED) is 0.814. The van der Waals surface area contributed by atoms with Gasteiger partial charge in [0.1, 0.15) is 0 Å². The molecular formula is C20H32N4O3. The topological polar surface area (TPSA) is 65.1 Å². The number of hydrogen-bond acceptors (Lipinski definition) is 5. The molecule has 4 heterocycles. The number of rotatable bonds is 4. The molecule has 1 aliphatic carbocycles. The summed E-state index contributed by atoms with van der Waals surface area (Å²) in [5, 5.41) is 2.20. The second-order valence-corrected chi connectivity index (χ2v) is 8.36. The van der Waals surface area contributed by atoms with Gasteiger partial charge in [-0.3, -0.25) is 10.2 Å². The minimum absolute atomic E-state index is 0.00516. The molecule has 2 atom stereocenters. The molecule has 0 saturated carbocycles. The molecule has 1 N–H and O–H groups in total. The Kier molecular flexibility index (Phi) is 5.05. The Labute approximate surface area is 161 Å². The summed E-state index contributed by atoms with van der Waals surface area (Å²) < 4.78 is 5.22. The van der Waals surface area contributed by atoms with Gasteiger partial charge in [0.05, 0.1) is 18.2 Å². The SMILES string of the molecule is CCCN1NC(=O)CC12CCN(C1=CC3CCC1CN3C(=O)OCC)CC2. The number of amides is 2. The van der Waals surface area contributed by atoms with Gasteiger partial charge in [0, 0.05) is 44.2 Å². The maximum absolute atomic E-state index is 12.2. The highest BCUT2D eigenvalue weighted by Crippen LogP contribution is 2.41. The third kappa shape index (κ3) is 3.30. The van der Waals surface area contributed by atoms with Crippen LogP contribution in [0.1, 0.15) is 52.4 Å². The molecule has 0 aromatic carbocycles. The van der Waals surface area contributed by atoms with E-state index >= 15 is 0 Å². The van der Waals surface area contributed by atoms with Crippen LogP contribution in [-0.4, -0.2) is 71.2 Å². The van der Waals surface area contributed by atoms with Crippen LogP contribution in [0.5, 0.6) is 0 Å². The smallest absolute Gasteiger partial charge is 0.410 e. The highest BCUT2D eigenvalue weighted by atomic mass is 16.6. The van der Waals surface area contributed by atoms with Crippen LogP contribution in [0.15, 0.2) is 11.8 Å². The molecule has 7 heteroatoms. The first kappa shape index (κ1) is 18.6. The van der Waals surface area contributed by atoms with Crippen molar-refractivity contribution >= 4 is 12.0 Å². The first-order valence-electron chi connectivity index (χ1n) is 10.5. The Morgan fingerprint density at radius 2 is 2.07 bits per heavy atom. The molecule has 27 heavy (non-hydrogen) atoms. The van der Waals surface area contributed by atoms with Gasteiger partial charge < -0.3 is 14.5 Å². The molecule has 2 unspecified atom stereocenters. The van der Waals surface area contributed by atoms with Gasteiger partial charge in [-0.25, -0.2) is 9.80 Å². The Hall–Kier alpha value is -1.76. The minimum atomic E-state index is -0.175. The molecule has 3 fully saturated rings. The molecule has 0 aromatic rings. The van der Waals surface area contributed by atoms with E-state index in [1.54, 1.807) is 0 Å². The van der Waals surface area contributed by atoms with Gasteiger partial charge >= 0.3 is 6.09 Å². The monoisotopic (exact) mass is 376 g/mol. The molecule has 0 aromatic heterocycles. The molecule has 5 rings (SSSR count). The lowest BCUT2D eigenvalue weighted by molar-refractivity contribution is -0.121. The minimum Gasteiger partial charge on any atom is -0.450 e. The van der Waals surface area contributed by atoms with Crippen LogP contribution in [0.3, 0.4) is 0 Å². The van der Waals surface area contributed by atoms with Crippen molar-refractivity contribution in [3.05, 3.63) is 11.8 Å². The Morgan fingerprint density at radius 1 is 1.30 bits per heavy atom. The summed E-state index contributed by atoms with van der Waals surface area (Å²) in [5.74, 6) is 0.585. The molecular weight excluding hydrogens is 344 g/mol. The van der Waals surface area contributed by atoms with Gasteiger partial charge in [-0.15, -0.1) is 0 Å². The third-order valence-corrected chi connectivity index (χ3v) is 6.74. The van der Waals surface area contributed by atoms with E-state index < -0.39 is 0 Å².